The molecule has 1 saturated heterocycles. The minimum Gasteiger partial charge on any atom is -0.494 e. The quantitative estimate of drug-likeness (QED) is 0.504. The summed E-state index contributed by atoms with van der Waals surface area (Å²) in [6.07, 6.45) is 3.82. The van der Waals surface area contributed by atoms with E-state index in [9.17, 15) is 9.59 Å². The number of anilines is 2. The van der Waals surface area contributed by atoms with Crippen molar-refractivity contribution in [3.05, 3.63) is 72.7 Å². The number of nitrogens with zero attached hydrogens (tertiary/aromatic N) is 4. The van der Waals surface area contributed by atoms with Gasteiger partial charge >= 0.3 is 6.09 Å². The smallest absolute Gasteiger partial charge is 0.410 e. The largest absolute Gasteiger partial charge is 0.494 e. The summed E-state index contributed by atoms with van der Waals surface area (Å²) >= 11 is 0. The van der Waals surface area contributed by atoms with E-state index in [2.05, 4.69) is 9.97 Å². The lowest BCUT2D eigenvalue weighted by molar-refractivity contribution is -0.123. The molecule has 1 fully saturated rings. The average molecular weight is 477 g/mol. The summed E-state index contributed by atoms with van der Waals surface area (Å²) in [7, 11) is 3.07. The Hall–Kier alpha value is -4.14. The van der Waals surface area contributed by atoms with E-state index < -0.39 is 12.0 Å². The standard InChI is InChI=1S/C26H28N4O5/c1-33-21-11-6-12-22(34-2)24(21)30(23-13-14-27-18-28-23)25(31)20-10-7-15-29(16-20)26(32)35-17-19-8-4-3-5-9-19/h3-6,8-9,11-14,18,20H,7,10,15-17H2,1-2H3. The number of amides is 2. The van der Waals surface area contributed by atoms with Gasteiger partial charge in [-0.3, -0.25) is 9.69 Å². The molecule has 0 radical (unpaired) electrons. The monoisotopic (exact) mass is 476 g/mol. The zero-order valence-corrected chi connectivity index (χ0v) is 19.8. The summed E-state index contributed by atoms with van der Waals surface area (Å²) in [5, 5.41) is 0. The maximum Gasteiger partial charge on any atom is 0.410 e. The molecule has 0 spiro atoms. The van der Waals surface area contributed by atoms with Crippen molar-refractivity contribution >= 4 is 23.5 Å². The predicted octanol–water partition coefficient (Wildman–Crippen LogP) is 4.21. The Kier molecular flexibility index (Phi) is 7.77. The zero-order valence-electron chi connectivity index (χ0n) is 19.8. The third-order valence-electron chi connectivity index (χ3n) is 5.88. The Morgan fingerprint density at radius 2 is 1.77 bits per heavy atom. The van der Waals surface area contributed by atoms with Crippen molar-refractivity contribution in [2.75, 3.05) is 32.2 Å². The van der Waals surface area contributed by atoms with E-state index in [4.69, 9.17) is 14.2 Å². The number of likely N-dealkylation sites (tertiary alicyclic amines) is 1. The molecule has 0 N–H and O–H groups in total. The van der Waals surface area contributed by atoms with Gasteiger partial charge in [-0.15, -0.1) is 0 Å². The van der Waals surface area contributed by atoms with E-state index in [1.807, 2.05) is 30.3 Å². The molecule has 3 aromatic rings. The number of para-hydroxylation sites is 1. The van der Waals surface area contributed by atoms with Gasteiger partial charge < -0.3 is 19.1 Å². The molecule has 0 bridgehead atoms. The van der Waals surface area contributed by atoms with E-state index in [1.165, 1.54) is 25.4 Å². The number of hydrogen-bond donors (Lipinski definition) is 0. The average Bonchev–Trinajstić information content (AvgIpc) is 2.93. The lowest BCUT2D eigenvalue weighted by atomic mass is 9.96. The Labute approximate surface area is 204 Å². The molecule has 35 heavy (non-hydrogen) atoms. The first kappa shape index (κ1) is 24.0. The Balaban J connectivity index is 1.57. The number of piperidine rings is 1. The fraction of sp³-hybridized carbons (Fsp3) is 0.308. The number of benzene rings is 2. The second-order valence-corrected chi connectivity index (χ2v) is 8.08. The number of carbonyl (C=O) groups excluding carboxylic acids is 2. The number of methoxy groups -OCH3 is 2. The lowest BCUT2D eigenvalue weighted by Gasteiger charge is -2.34. The summed E-state index contributed by atoms with van der Waals surface area (Å²) in [6, 6.07) is 16.5. The Morgan fingerprint density at radius 1 is 1.03 bits per heavy atom. The van der Waals surface area contributed by atoms with Gasteiger partial charge in [0.25, 0.3) is 0 Å². The lowest BCUT2D eigenvalue weighted by Crippen LogP contribution is -2.46. The van der Waals surface area contributed by atoms with E-state index >= 15 is 0 Å². The summed E-state index contributed by atoms with van der Waals surface area (Å²) in [5.74, 6) is 0.638. The van der Waals surface area contributed by atoms with Crippen molar-refractivity contribution in [1.82, 2.24) is 14.9 Å². The minimum atomic E-state index is -0.461. The second-order valence-electron chi connectivity index (χ2n) is 8.08. The van der Waals surface area contributed by atoms with Gasteiger partial charge in [0, 0.05) is 19.3 Å². The minimum absolute atomic E-state index is 0.181. The Morgan fingerprint density at radius 3 is 2.43 bits per heavy atom. The molecule has 0 aliphatic carbocycles. The van der Waals surface area contributed by atoms with Crippen molar-refractivity contribution in [1.29, 1.82) is 0 Å². The van der Waals surface area contributed by atoms with Gasteiger partial charge in [0.15, 0.2) is 0 Å². The first-order valence-electron chi connectivity index (χ1n) is 11.4. The molecule has 1 aliphatic rings. The van der Waals surface area contributed by atoms with Gasteiger partial charge in [0.05, 0.1) is 20.1 Å². The number of hydrogen-bond acceptors (Lipinski definition) is 7. The highest BCUT2D eigenvalue weighted by Gasteiger charge is 2.35. The van der Waals surface area contributed by atoms with E-state index in [-0.39, 0.29) is 19.1 Å². The molecule has 1 aliphatic heterocycles. The predicted molar refractivity (Wildman–Crippen MR) is 130 cm³/mol. The van der Waals surface area contributed by atoms with E-state index in [1.54, 1.807) is 35.4 Å². The van der Waals surface area contributed by atoms with Crippen molar-refractivity contribution in [2.45, 2.75) is 19.4 Å². The van der Waals surface area contributed by atoms with Gasteiger partial charge in [0.2, 0.25) is 5.91 Å². The molecule has 1 aromatic heterocycles. The summed E-state index contributed by atoms with van der Waals surface area (Å²) in [4.78, 5) is 38.1. The summed E-state index contributed by atoms with van der Waals surface area (Å²) < 4.78 is 16.6. The van der Waals surface area contributed by atoms with Crippen LogP contribution in [0.25, 0.3) is 0 Å². The number of ether oxygens (including phenoxy) is 3. The van der Waals surface area contributed by atoms with Crippen LogP contribution in [0.3, 0.4) is 0 Å². The van der Waals surface area contributed by atoms with Crippen LogP contribution in [-0.2, 0) is 16.1 Å². The van der Waals surface area contributed by atoms with Crippen LogP contribution in [0.4, 0.5) is 16.3 Å². The van der Waals surface area contributed by atoms with Gasteiger partial charge in [-0.25, -0.2) is 14.8 Å². The van der Waals surface area contributed by atoms with Gasteiger partial charge in [0.1, 0.15) is 35.9 Å². The topological polar surface area (TPSA) is 94.1 Å². The first-order chi connectivity index (χ1) is 17.1. The molecule has 0 saturated carbocycles. The van der Waals surface area contributed by atoms with Gasteiger partial charge in [-0.1, -0.05) is 36.4 Å². The number of aromatic nitrogens is 2. The molecule has 4 rings (SSSR count). The zero-order chi connectivity index (χ0) is 24.6. The number of carbonyl (C=O) groups is 2. The van der Waals surface area contributed by atoms with E-state index in [0.717, 1.165) is 5.56 Å². The third-order valence-corrected chi connectivity index (χ3v) is 5.88. The molecule has 2 aromatic carbocycles. The normalized spacial score (nSPS) is 15.3. The van der Waals surface area contributed by atoms with Crippen LogP contribution in [0, 0.1) is 5.92 Å². The van der Waals surface area contributed by atoms with Crippen LogP contribution >= 0.6 is 0 Å². The highest BCUT2D eigenvalue weighted by Crippen LogP contribution is 2.42. The van der Waals surface area contributed by atoms with Crippen LogP contribution < -0.4 is 14.4 Å². The first-order valence-corrected chi connectivity index (χ1v) is 11.4. The summed E-state index contributed by atoms with van der Waals surface area (Å²) in [6.45, 7) is 0.953. The fourth-order valence-corrected chi connectivity index (χ4v) is 4.14. The fourth-order valence-electron chi connectivity index (χ4n) is 4.14. The molecule has 182 valence electrons. The van der Waals surface area contributed by atoms with Crippen molar-refractivity contribution in [3.8, 4) is 11.5 Å². The van der Waals surface area contributed by atoms with Crippen LogP contribution in [0.5, 0.6) is 11.5 Å². The summed E-state index contributed by atoms with van der Waals surface area (Å²) in [5.41, 5.74) is 1.36. The second kappa shape index (κ2) is 11.3. The molecule has 1 unspecified atom stereocenters. The SMILES string of the molecule is COc1cccc(OC)c1N(C(=O)C1CCCN(C(=O)OCc2ccccc2)C1)c1ccncn1. The van der Waals surface area contributed by atoms with Crippen LogP contribution in [-0.4, -0.2) is 54.2 Å². The molecule has 9 nitrogen and oxygen atoms in total. The molecule has 1 atom stereocenters. The highest BCUT2D eigenvalue weighted by molar-refractivity contribution is 6.04. The molecular weight excluding hydrogens is 448 g/mol. The maximum atomic E-state index is 14.0. The molecule has 2 amide bonds. The van der Waals surface area contributed by atoms with Crippen LogP contribution in [0.1, 0.15) is 18.4 Å². The Bertz CT molecular complexity index is 1120. The van der Waals surface area contributed by atoms with Crippen LogP contribution in [0.15, 0.2) is 67.1 Å². The molecule has 2 heterocycles. The molecule has 9 heteroatoms. The van der Waals surface area contributed by atoms with Gasteiger partial charge in [-0.05, 0) is 36.6 Å². The highest BCUT2D eigenvalue weighted by atomic mass is 16.6. The van der Waals surface area contributed by atoms with Crippen molar-refractivity contribution < 1.29 is 23.8 Å². The van der Waals surface area contributed by atoms with Gasteiger partial charge in [-0.2, -0.15) is 0 Å². The number of rotatable bonds is 7. The van der Waals surface area contributed by atoms with E-state index in [0.29, 0.717) is 42.4 Å². The van der Waals surface area contributed by atoms with Crippen LogP contribution in [0.2, 0.25) is 0 Å². The van der Waals surface area contributed by atoms with Crippen molar-refractivity contribution in [2.24, 2.45) is 5.92 Å². The van der Waals surface area contributed by atoms with Crippen molar-refractivity contribution in [3.63, 3.8) is 0 Å². The molecular formula is C26H28N4O5. The maximum absolute atomic E-state index is 14.0. The third kappa shape index (κ3) is 5.51.